The van der Waals surface area contributed by atoms with Gasteiger partial charge in [0.05, 0.1) is 23.1 Å². The number of hydrogen-bond acceptors (Lipinski definition) is 5. The average molecular weight is 311 g/mol. The van der Waals surface area contributed by atoms with E-state index in [1.165, 1.54) is 18.3 Å². The first-order valence-electron chi connectivity index (χ1n) is 5.77. The van der Waals surface area contributed by atoms with E-state index in [0.29, 0.717) is 22.3 Å². The number of nitrogen functional groups attached to an aromatic ring is 1. The molecule has 0 radical (unpaired) electrons. The average Bonchev–Trinajstić information content (AvgIpc) is 2.42. The van der Waals surface area contributed by atoms with Crippen LogP contribution in [0.25, 0.3) is 0 Å². The molecule has 110 valence electrons. The molecular formula is C13H11F2N3O2S. The number of rotatable bonds is 5. The van der Waals surface area contributed by atoms with Crippen molar-refractivity contribution in [2.75, 3.05) is 11.1 Å². The topological polar surface area (TPSA) is 88.2 Å². The molecule has 0 saturated carbocycles. The van der Waals surface area contributed by atoms with Crippen LogP contribution in [-0.4, -0.2) is 21.8 Å². The number of nitrogens with zero attached hydrogens (tertiary/aromatic N) is 1. The van der Waals surface area contributed by atoms with Gasteiger partial charge in [-0.05, 0) is 18.2 Å². The van der Waals surface area contributed by atoms with Gasteiger partial charge < -0.3 is 16.2 Å². The van der Waals surface area contributed by atoms with Gasteiger partial charge in [-0.3, -0.25) is 0 Å². The van der Waals surface area contributed by atoms with Crippen LogP contribution in [0.2, 0.25) is 0 Å². The first-order chi connectivity index (χ1) is 9.97. The second kappa shape index (κ2) is 6.40. The molecule has 0 aliphatic rings. The third kappa shape index (κ3) is 3.82. The van der Waals surface area contributed by atoms with Crippen LogP contribution in [0.15, 0.2) is 41.4 Å². The number of alkyl halides is 2. The van der Waals surface area contributed by atoms with E-state index in [0.717, 1.165) is 0 Å². The minimum absolute atomic E-state index is 0.0308. The van der Waals surface area contributed by atoms with E-state index >= 15 is 0 Å². The molecule has 0 saturated heterocycles. The van der Waals surface area contributed by atoms with Crippen molar-refractivity contribution in [3.8, 4) is 0 Å². The van der Waals surface area contributed by atoms with E-state index < -0.39 is 11.7 Å². The maximum absolute atomic E-state index is 12.5. The number of nitrogens with two attached hydrogens (primary N) is 1. The molecule has 0 aliphatic carbocycles. The van der Waals surface area contributed by atoms with Crippen LogP contribution < -0.4 is 11.1 Å². The number of nitrogens with one attached hydrogen (secondary N) is 1. The summed E-state index contributed by atoms with van der Waals surface area (Å²) in [6, 6.07) is 7.70. The van der Waals surface area contributed by atoms with E-state index in [1.54, 1.807) is 18.2 Å². The molecule has 1 aromatic carbocycles. The third-order valence-corrected chi connectivity index (χ3v) is 3.32. The number of carbonyl (C=O) groups is 1. The van der Waals surface area contributed by atoms with Crippen LogP contribution in [0.4, 0.5) is 26.0 Å². The van der Waals surface area contributed by atoms with Crippen LogP contribution >= 0.6 is 11.8 Å². The van der Waals surface area contributed by atoms with Crippen LogP contribution in [0, 0.1) is 0 Å². The monoisotopic (exact) mass is 311 g/mol. The van der Waals surface area contributed by atoms with Crippen molar-refractivity contribution in [3.63, 3.8) is 0 Å². The highest BCUT2D eigenvalue weighted by Gasteiger charge is 2.12. The zero-order valence-corrected chi connectivity index (χ0v) is 11.4. The number of pyridine rings is 1. The summed E-state index contributed by atoms with van der Waals surface area (Å²) in [5, 5.41) is 11.8. The maximum Gasteiger partial charge on any atom is 0.337 e. The molecule has 0 atom stereocenters. The Kier molecular flexibility index (Phi) is 4.59. The van der Waals surface area contributed by atoms with Gasteiger partial charge in [0.1, 0.15) is 5.82 Å². The molecule has 2 aromatic rings. The molecule has 5 nitrogen and oxygen atoms in total. The number of aromatic nitrogens is 1. The summed E-state index contributed by atoms with van der Waals surface area (Å²) in [4.78, 5) is 15.3. The summed E-state index contributed by atoms with van der Waals surface area (Å²) in [5.74, 6) is -3.53. The van der Waals surface area contributed by atoms with Crippen molar-refractivity contribution < 1.29 is 18.7 Å². The van der Waals surface area contributed by atoms with Crippen molar-refractivity contribution in [1.82, 2.24) is 4.98 Å². The zero-order chi connectivity index (χ0) is 15.4. The van der Waals surface area contributed by atoms with E-state index in [1.807, 2.05) is 0 Å². The van der Waals surface area contributed by atoms with Gasteiger partial charge in [0.25, 0.3) is 5.76 Å². The Balaban J connectivity index is 2.30. The Morgan fingerprint density at radius 2 is 2.10 bits per heavy atom. The van der Waals surface area contributed by atoms with Crippen LogP contribution in [0.5, 0.6) is 0 Å². The van der Waals surface area contributed by atoms with Crippen molar-refractivity contribution in [2.45, 2.75) is 10.7 Å². The Morgan fingerprint density at radius 1 is 1.38 bits per heavy atom. The number of para-hydroxylation sites is 1. The Morgan fingerprint density at radius 3 is 2.76 bits per heavy atom. The van der Waals surface area contributed by atoms with Crippen molar-refractivity contribution in [2.24, 2.45) is 0 Å². The summed E-state index contributed by atoms with van der Waals surface area (Å²) < 4.78 is 25.0. The quantitative estimate of drug-likeness (QED) is 0.733. The van der Waals surface area contributed by atoms with Gasteiger partial charge in [0.15, 0.2) is 0 Å². The smallest absolute Gasteiger partial charge is 0.337 e. The lowest BCUT2D eigenvalue weighted by molar-refractivity contribution is 0.0698. The first kappa shape index (κ1) is 15.0. The first-order valence-corrected chi connectivity index (χ1v) is 6.65. The molecule has 0 amide bonds. The standard InChI is InChI=1S/C13H11F2N3O2S/c14-13(15)21-10-4-2-1-3-9(10)18-11-5-7(12(19)20)8(16)6-17-11/h1-6,13H,16H2,(H,17,18)(H,19,20). The Labute approximate surface area is 123 Å². The summed E-state index contributed by atoms with van der Waals surface area (Å²) >= 11 is 0.393. The van der Waals surface area contributed by atoms with E-state index in [9.17, 15) is 13.6 Å². The predicted molar refractivity (Wildman–Crippen MR) is 77.2 cm³/mol. The lowest BCUT2D eigenvalue weighted by atomic mass is 10.2. The highest BCUT2D eigenvalue weighted by molar-refractivity contribution is 7.99. The molecule has 0 aliphatic heterocycles. The largest absolute Gasteiger partial charge is 0.478 e. The summed E-state index contributed by atoms with van der Waals surface area (Å²) in [7, 11) is 0. The number of thioether (sulfide) groups is 1. The number of anilines is 3. The van der Waals surface area contributed by atoms with Crippen molar-refractivity contribution in [1.29, 1.82) is 0 Å². The molecule has 0 unspecified atom stereocenters. The third-order valence-electron chi connectivity index (χ3n) is 2.53. The van der Waals surface area contributed by atoms with E-state index in [2.05, 4.69) is 10.3 Å². The second-order valence-corrected chi connectivity index (χ2v) is 4.99. The van der Waals surface area contributed by atoms with Crippen molar-refractivity contribution in [3.05, 3.63) is 42.1 Å². The molecule has 0 fully saturated rings. The zero-order valence-electron chi connectivity index (χ0n) is 10.6. The molecule has 1 aromatic heterocycles. The molecule has 0 bridgehead atoms. The maximum atomic E-state index is 12.5. The summed E-state index contributed by atoms with van der Waals surface area (Å²) in [6.45, 7) is 0. The lowest BCUT2D eigenvalue weighted by Gasteiger charge is -2.11. The lowest BCUT2D eigenvalue weighted by Crippen LogP contribution is -2.05. The number of benzene rings is 1. The highest BCUT2D eigenvalue weighted by atomic mass is 32.2. The van der Waals surface area contributed by atoms with Gasteiger partial charge in [-0.1, -0.05) is 23.9 Å². The van der Waals surface area contributed by atoms with Crippen LogP contribution in [0.3, 0.4) is 0 Å². The van der Waals surface area contributed by atoms with Crippen LogP contribution in [-0.2, 0) is 0 Å². The number of halogens is 2. The van der Waals surface area contributed by atoms with Crippen LogP contribution in [0.1, 0.15) is 10.4 Å². The van der Waals surface area contributed by atoms with Crippen molar-refractivity contribution >= 4 is 34.9 Å². The number of hydrogen-bond donors (Lipinski definition) is 3. The fourth-order valence-electron chi connectivity index (χ4n) is 1.63. The molecule has 8 heteroatoms. The second-order valence-electron chi connectivity index (χ2n) is 3.96. The fraction of sp³-hybridized carbons (Fsp3) is 0.0769. The fourth-order valence-corrected chi connectivity index (χ4v) is 2.22. The van der Waals surface area contributed by atoms with Gasteiger partial charge in [0.2, 0.25) is 0 Å². The summed E-state index contributed by atoms with van der Waals surface area (Å²) in [5.41, 5.74) is 5.84. The van der Waals surface area contributed by atoms with Gasteiger partial charge >= 0.3 is 5.97 Å². The predicted octanol–water partition coefficient (Wildman–Crippen LogP) is 3.42. The summed E-state index contributed by atoms with van der Waals surface area (Å²) in [6.07, 6.45) is 1.20. The molecular weight excluding hydrogens is 300 g/mol. The molecule has 0 spiro atoms. The van der Waals surface area contributed by atoms with E-state index in [4.69, 9.17) is 10.8 Å². The molecule has 2 rings (SSSR count). The van der Waals surface area contributed by atoms with E-state index in [-0.39, 0.29) is 17.1 Å². The van der Waals surface area contributed by atoms with Gasteiger partial charge in [-0.2, -0.15) is 8.78 Å². The number of aromatic carboxylic acids is 1. The number of carboxylic acids is 1. The van der Waals surface area contributed by atoms with Gasteiger partial charge in [0, 0.05) is 4.90 Å². The Hall–Kier alpha value is -2.35. The normalized spacial score (nSPS) is 10.6. The molecule has 1 heterocycles. The molecule has 21 heavy (non-hydrogen) atoms. The highest BCUT2D eigenvalue weighted by Crippen LogP contribution is 2.33. The Bertz CT molecular complexity index is 668. The number of carboxylic acid groups (broad SMARTS) is 1. The molecule has 4 N–H and O–H groups in total. The SMILES string of the molecule is Nc1cnc(Nc2ccccc2SC(F)F)cc1C(=O)O. The van der Waals surface area contributed by atoms with Gasteiger partial charge in [-0.25, -0.2) is 9.78 Å². The van der Waals surface area contributed by atoms with Gasteiger partial charge in [-0.15, -0.1) is 0 Å². The minimum atomic E-state index is -2.55. The minimum Gasteiger partial charge on any atom is -0.478 e.